The molecule has 2 N–H and O–H groups in total. The maximum atomic E-state index is 11.6. The van der Waals surface area contributed by atoms with Crippen molar-refractivity contribution in [3.05, 3.63) is 29.8 Å². The summed E-state index contributed by atoms with van der Waals surface area (Å²) in [5.74, 6) is 1.20. The fourth-order valence-electron chi connectivity index (χ4n) is 2.37. The molecule has 1 heterocycles. The van der Waals surface area contributed by atoms with Crippen LogP contribution in [0.15, 0.2) is 24.3 Å². The van der Waals surface area contributed by atoms with Crippen molar-refractivity contribution in [3.63, 3.8) is 0 Å². The average Bonchev–Trinajstić information content (AvgIpc) is 2.81. The SMILES string of the molecule is Cc1cccc(OCCNC(=O)NCC2CCS(=O)(=O)C2)c1. The number of rotatable bonds is 6. The monoisotopic (exact) mass is 326 g/mol. The largest absolute Gasteiger partial charge is 0.492 e. The molecule has 0 spiro atoms. The van der Waals surface area contributed by atoms with Gasteiger partial charge in [-0.1, -0.05) is 12.1 Å². The van der Waals surface area contributed by atoms with Crippen molar-refractivity contribution < 1.29 is 17.9 Å². The molecule has 6 nitrogen and oxygen atoms in total. The van der Waals surface area contributed by atoms with E-state index in [0.717, 1.165) is 11.3 Å². The standard InChI is InChI=1S/C15H22N2O4S/c1-12-3-2-4-14(9-12)21-7-6-16-15(18)17-10-13-5-8-22(19,20)11-13/h2-4,9,13H,5-8,10-11H2,1H3,(H2,16,17,18). The molecule has 0 saturated carbocycles. The van der Waals surface area contributed by atoms with E-state index in [1.807, 2.05) is 31.2 Å². The zero-order chi connectivity index (χ0) is 16.0. The van der Waals surface area contributed by atoms with Gasteiger partial charge in [-0.05, 0) is 37.0 Å². The van der Waals surface area contributed by atoms with Crippen LogP contribution in [-0.2, 0) is 9.84 Å². The Hall–Kier alpha value is -1.76. The van der Waals surface area contributed by atoms with Crippen LogP contribution < -0.4 is 15.4 Å². The topological polar surface area (TPSA) is 84.5 Å². The van der Waals surface area contributed by atoms with Gasteiger partial charge in [0, 0.05) is 6.54 Å². The highest BCUT2D eigenvalue weighted by Crippen LogP contribution is 2.17. The van der Waals surface area contributed by atoms with Gasteiger partial charge in [-0.15, -0.1) is 0 Å². The van der Waals surface area contributed by atoms with Gasteiger partial charge in [0.15, 0.2) is 9.84 Å². The molecular weight excluding hydrogens is 304 g/mol. The Morgan fingerprint density at radius 1 is 1.36 bits per heavy atom. The van der Waals surface area contributed by atoms with Crippen LogP contribution in [0.4, 0.5) is 4.79 Å². The summed E-state index contributed by atoms with van der Waals surface area (Å²) < 4.78 is 28.1. The Balaban J connectivity index is 1.58. The third-order valence-electron chi connectivity index (χ3n) is 3.52. The zero-order valence-electron chi connectivity index (χ0n) is 12.7. The maximum absolute atomic E-state index is 11.6. The van der Waals surface area contributed by atoms with Crippen molar-refractivity contribution in [2.75, 3.05) is 31.2 Å². The number of sulfone groups is 1. The number of amides is 2. The number of ether oxygens (including phenoxy) is 1. The number of hydrogen-bond acceptors (Lipinski definition) is 4. The lowest BCUT2D eigenvalue weighted by atomic mass is 10.1. The van der Waals surface area contributed by atoms with E-state index in [0.29, 0.717) is 26.1 Å². The molecule has 1 aromatic rings. The van der Waals surface area contributed by atoms with Crippen LogP contribution in [0.1, 0.15) is 12.0 Å². The molecule has 1 saturated heterocycles. The predicted octanol–water partition coefficient (Wildman–Crippen LogP) is 1.11. The lowest BCUT2D eigenvalue weighted by Crippen LogP contribution is -2.40. The van der Waals surface area contributed by atoms with Gasteiger partial charge in [-0.3, -0.25) is 0 Å². The quantitative estimate of drug-likeness (QED) is 0.767. The Morgan fingerprint density at radius 2 is 2.18 bits per heavy atom. The Morgan fingerprint density at radius 3 is 2.86 bits per heavy atom. The van der Waals surface area contributed by atoms with E-state index in [9.17, 15) is 13.2 Å². The number of aryl methyl sites for hydroxylation is 1. The van der Waals surface area contributed by atoms with Gasteiger partial charge in [0.05, 0.1) is 18.1 Å². The van der Waals surface area contributed by atoms with E-state index < -0.39 is 9.84 Å². The molecule has 1 aromatic carbocycles. The van der Waals surface area contributed by atoms with Crippen molar-refractivity contribution in [2.45, 2.75) is 13.3 Å². The van der Waals surface area contributed by atoms with E-state index in [-0.39, 0.29) is 23.5 Å². The van der Waals surface area contributed by atoms with Gasteiger partial charge in [0.2, 0.25) is 0 Å². The summed E-state index contributed by atoms with van der Waals surface area (Å²) in [6.07, 6.45) is 0.624. The summed E-state index contributed by atoms with van der Waals surface area (Å²) in [5.41, 5.74) is 1.12. The molecule has 0 radical (unpaired) electrons. The Bertz CT molecular complexity index is 616. The second-order valence-corrected chi connectivity index (χ2v) is 7.80. The molecule has 1 unspecified atom stereocenters. The molecule has 0 aliphatic carbocycles. The maximum Gasteiger partial charge on any atom is 0.314 e. The summed E-state index contributed by atoms with van der Waals surface area (Å²) >= 11 is 0. The highest BCUT2D eigenvalue weighted by Gasteiger charge is 2.27. The van der Waals surface area contributed by atoms with Gasteiger partial charge in [0.1, 0.15) is 12.4 Å². The first-order valence-corrected chi connectivity index (χ1v) is 9.18. The highest BCUT2D eigenvalue weighted by atomic mass is 32.2. The molecule has 122 valence electrons. The van der Waals surface area contributed by atoms with Gasteiger partial charge in [-0.2, -0.15) is 0 Å². The van der Waals surface area contributed by atoms with Crippen LogP contribution in [0, 0.1) is 12.8 Å². The minimum atomic E-state index is -2.89. The summed E-state index contributed by atoms with van der Waals surface area (Å²) in [4.78, 5) is 11.6. The third kappa shape index (κ3) is 5.55. The number of hydrogen-bond donors (Lipinski definition) is 2. The second-order valence-electron chi connectivity index (χ2n) is 5.57. The van der Waals surface area contributed by atoms with Crippen LogP contribution >= 0.6 is 0 Å². The zero-order valence-corrected chi connectivity index (χ0v) is 13.5. The third-order valence-corrected chi connectivity index (χ3v) is 5.36. The number of nitrogens with one attached hydrogen (secondary N) is 2. The lowest BCUT2D eigenvalue weighted by molar-refractivity contribution is 0.235. The fourth-order valence-corrected chi connectivity index (χ4v) is 4.23. The molecule has 22 heavy (non-hydrogen) atoms. The molecule has 7 heteroatoms. The number of carbonyl (C=O) groups excluding carboxylic acids is 1. The number of benzene rings is 1. The summed E-state index contributed by atoms with van der Waals surface area (Å²) in [6.45, 7) is 3.16. The molecule has 0 aromatic heterocycles. The summed E-state index contributed by atoms with van der Waals surface area (Å²) in [6, 6.07) is 7.41. The average molecular weight is 326 g/mol. The Kier molecular flexibility index (Phi) is 5.65. The molecule has 1 atom stereocenters. The van der Waals surface area contributed by atoms with Gasteiger partial charge >= 0.3 is 6.03 Å². The first-order valence-electron chi connectivity index (χ1n) is 7.36. The molecule has 1 fully saturated rings. The van der Waals surface area contributed by atoms with Crippen LogP contribution in [0.25, 0.3) is 0 Å². The molecule has 1 aliphatic heterocycles. The van der Waals surface area contributed by atoms with Crippen molar-refractivity contribution in [2.24, 2.45) is 5.92 Å². The molecule has 2 amide bonds. The summed E-state index contributed by atoms with van der Waals surface area (Å²) in [7, 11) is -2.89. The van der Waals surface area contributed by atoms with Gasteiger partial charge < -0.3 is 15.4 Å². The second kappa shape index (κ2) is 7.49. The first-order chi connectivity index (χ1) is 10.4. The van der Waals surface area contributed by atoms with E-state index in [1.165, 1.54) is 0 Å². The first kappa shape index (κ1) is 16.6. The molecule has 2 rings (SSSR count). The van der Waals surface area contributed by atoms with E-state index in [4.69, 9.17) is 4.74 Å². The van der Waals surface area contributed by atoms with Crippen LogP contribution in [-0.4, -0.2) is 45.7 Å². The van der Waals surface area contributed by atoms with E-state index in [2.05, 4.69) is 10.6 Å². The van der Waals surface area contributed by atoms with Crippen molar-refractivity contribution in [1.29, 1.82) is 0 Å². The van der Waals surface area contributed by atoms with Crippen LogP contribution in [0.2, 0.25) is 0 Å². The minimum absolute atomic E-state index is 0.0271. The fraction of sp³-hybridized carbons (Fsp3) is 0.533. The van der Waals surface area contributed by atoms with Crippen molar-refractivity contribution in [3.8, 4) is 5.75 Å². The van der Waals surface area contributed by atoms with E-state index >= 15 is 0 Å². The van der Waals surface area contributed by atoms with E-state index in [1.54, 1.807) is 0 Å². The van der Waals surface area contributed by atoms with Gasteiger partial charge in [-0.25, -0.2) is 13.2 Å². The minimum Gasteiger partial charge on any atom is -0.492 e. The Labute approximate surface area is 131 Å². The van der Waals surface area contributed by atoms with Crippen molar-refractivity contribution in [1.82, 2.24) is 10.6 Å². The smallest absolute Gasteiger partial charge is 0.314 e. The van der Waals surface area contributed by atoms with Crippen molar-refractivity contribution >= 4 is 15.9 Å². The van der Waals surface area contributed by atoms with Gasteiger partial charge in [0.25, 0.3) is 0 Å². The highest BCUT2D eigenvalue weighted by molar-refractivity contribution is 7.91. The number of urea groups is 1. The predicted molar refractivity (Wildman–Crippen MR) is 84.8 cm³/mol. The lowest BCUT2D eigenvalue weighted by Gasteiger charge is -2.11. The normalized spacial score (nSPS) is 19.6. The van der Waals surface area contributed by atoms with Crippen LogP contribution in [0.5, 0.6) is 5.75 Å². The number of carbonyl (C=O) groups is 1. The molecular formula is C15H22N2O4S. The molecule has 1 aliphatic rings. The molecule has 0 bridgehead atoms. The van der Waals surface area contributed by atoms with Crippen LogP contribution in [0.3, 0.4) is 0 Å². The summed E-state index contributed by atoms with van der Waals surface area (Å²) in [5, 5.41) is 5.39.